The van der Waals surface area contributed by atoms with Crippen molar-refractivity contribution >= 4 is 0 Å². The predicted molar refractivity (Wildman–Crippen MR) is 77.7 cm³/mol. The van der Waals surface area contributed by atoms with Gasteiger partial charge in [0.2, 0.25) is 0 Å². The van der Waals surface area contributed by atoms with E-state index in [1.165, 1.54) is 6.07 Å². The highest BCUT2D eigenvalue weighted by atomic mass is 19.1. The van der Waals surface area contributed by atoms with Gasteiger partial charge in [0.1, 0.15) is 5.82 Å². The van der Waals surface area contributed by atoms with E-state index in [-0.39, 0.29) is 18.3 Å². The Kier molecular flexibility index (Phi) is 4.82. The van der Waals surface area contributed by atoms with Gasteiger partial charge < -0.3 is 10.8 Å². The molecule has 3 N–H and O–H groups in total. The summed E-state index contributed by atoms with van der Waals surface area (Å²) in [6, 6.07) is 6.97. The first-order valence-corrected chi connectivity index (χ1v) is 6.66. The summed E-state index contributed by atoms with van der Waals surface area (Å²) >= 11 is 0. The zero-order chi connectivity index (χ0) is 14.5. The molecular weight excluding hydrogens is 255 g/mol. The van der Waals surface area contributed by atoms with E-state index in [2.05, 4.69) is 4.98 Å². The lowest BCUT2D eigenvalue weighted by atomic mass is 9.95. The molecule has 0 saturated heterocycles. The highest BCUT2D eigenvalue weighted by Crippen LogP contribution is 2.25. The summed E-state index contributed by atoms with van der Waals surface area (Å²) in [7, 11) is 0. The number of aliphatic hydroxyl groups excluding tert-OH is 1. The highest BCUT2D eigenvalue weighted by molar-refractivity contribution is 5.67. The number of aryl methyl sites for hydroxylation is 1. The third kappa shape index (κ3) is 3.21. The lowest BCUT2D eigenvalue weighted by molar-refractivity contribution is 0.229. The normalized spacial score (nSPS) is 12.4. The van der Waals surface area contributed by atoms with E-state index < -0.39 is 0 Å². The molecule has 106 valence electrons. The molecule has 1 unspecified atom stereocenters. The Hall–Kier alpha value is -1.78. The molecule has 0 fully saturated rings. The van der Waals surface area contributed by atoms with Crippen LogP contribution in [0.3, 0.4) is 0 Å². The van der Waals surface area contributed by atoms with Crippen LogP contribution in [-0.4, -0.2) is 23.2 Å². The molecule has 3 nitrogen and oxygen atoms in total. The maximum atomic E-state index is 13.9. The average molecular weight is 274 g/mol. The molecule has 2 aromatic rings. The van der Waals surface area contributed by atoms with Crippen LogP contribution in [-0.2, 0) is 6.42 Å². The second-order valence-electron chi connectivity index (χ2n) is 4.99. The minimum Gasteiger partial charge on any atom is -0.396 e. The Morgan fingerprint density at radius 1 is 1.35 bits per heavy atom. The second kappa shape index (κ2) is 6.59. The number of hydrogen-bond donors (Lipinski definition) is 2. The van der Waals surface area contributed by atoms with Gasteiger partial charge in [-0.3, -0.25) is 4.98 Å². The Bertz CT molecular complexity index is 582. The largest absolute Gasteiger partial charge is 0.396 e. The van der Waals surface area contributed by atoms with Gasteiger partial charge in [-0.05, 0) is 66.3 Å². The molecule has 4 heteroatoms. The van der Waals surface area contributed by atoms with Gasteiger partial charge in [-0.1, -0.05) is 6.07 Å². The van der Waals surface area contributed by atoms with Gasteiger partial charge in [-0.25, -0.2) is 4.39 Å². The number of nitrogens with two attached hydrogens (primary N) is 1. The predicted octanol–water partition coefficient (Wildman–Crippen LogP) is 2.31. The van der Waals surface area contributed by atoms with E-state index in [1.54, 1.807) is 18.5 Å². The fraction of sp³-hybridized carbons (Fsp3) is 0.312. The van der Waals surface area contributed by atoms with E-state index in [0.717, 1.165) is 16.7 Å². The summed E-state index contributed by atoms with van der Waals surface area (Å²) < 4.78 is 13.9. The quantitative estimate of drug-likeness (QED) is 0.879. The molecular formula is C16H19FN2O. The summed E-state index contributed by atoms with van der Waals surface area (Å²) in [4.78, 5) is 4.06. The van der Waals surface area contributed by atoms with Gasteiger partial charge in [0, 0.05) is 19.0 Å². The fourth-order valence-corrected chi connectivity index (χ4v) is 2.23. The molecule has 1 aromatic carbocycles. The van der Waals surface area contributed by atoms with Crippen molar-refractivity contribution < 1.29 is 9.50 Å². The van der Waals surface area contributed by atoms with Crippen LogP contribution in [0, 0.1) is 18.7 Å². The Balaban J connectivity index is 2.36. The molecule has 1 aromatic heterocycles. The summed E-state index contributed by atoms with van der Waals surface area (Å²) in [5.41, 5.74) is 9.18. The number of hydrogen-bond acceptors (Lipinski definition) is 3. The summed E-state index contributed by atoms with van der Waals surface area (Å²) in [5.74, 6) is -0.370. The van der Waals surface area contributed by atoms with Crippen LogP contribution >= 0.6 is 0 Å². The third-order valence-corrected chi connectivity index (χ3v) is 3.48. The molecule has 0 amide bonds. The van der Waals surface area contributed by atoms with Gasteiger partial charge in [-0.2, -0.15) is 0 Å². The number of nitrogens with zero attached hydrogens (tertiary/aromatic N) is 1. The SMILES string of the molecule is Cc1cnccc1-c1ccc(F)c(CC(CN)CO)c1. The highest BCUT2D eigenvalue weighted by Gasteiger charge is 2.12. The number of halogens is 1. The molecule has 20 heavy (non-hydrogen) atoms. The minimum absolute atomic E-state index is 0.0333. The lowest BCUT2D eigenvalue weighted by Gasteiger charge is -2.14. The Morgan fingerprint density at radius 3 is 2.80 bits per heavy atom. The molecule has 1 heterocycles. The van der Waals surface area contributed by atoms with E-state index in [9.17, 15) is 9.50 Å². The van der Waals surface area contributed by atoms with Crippen LogP contribution < -0.4 is 5.73 Å². The minimum atomic E-state index is -0.257. The van der Waals surface area contributed by atoms with E-state index in [1.807, 2.05) is 19.1 Å². The molecule has 1 atom stereocenters. The Morgan fingerprint density at radius 2 is 2.15 bits per heavy atom. The zero-order valence-corrected chi connectivity index (χ0v) is 11.5. The molecule has 0 saturated carbocycles. The molecule has 0 aliphatic heterocycles. The number of rotatable bonds is 5. The molecule has 0 aliphatic rings. The average Bonchev–Trinajstić information content (AvgIpc) is 2.47. The van der Waals surface area contributed by atoms with Gasteiger partial charge in [0.25, 0.3) is 0 Å². The van der Waals surface area contributed by atoms with Crippen LogP contribution in [0.15, 0.2) is 36.7 Å². The monoisotopic (exact) mass is 274 g/mol. The van der Waals surface area contributed by atoms with Gasteiger partial charge in [0.05, 0.1) is 0 Å². The van der Waals surface area contributed by atoms with Gasteiger partial charge >= 0.3 is 0 Å². The van der Waals surface area contributed by atoms with E-state index >= 15 is 0 Å². The number of pyridine rings is 1. The second-order valence-corrected chi connectivity index (χ2v) is 4.99. The van der Waals surface area contributed by atoms with Crippen molar-refractivity contribution in [2.45, 2.75) is 13.3 Å². The van der Waals surface area contributed by atoms with Crippen LogP contribution in [0.2, 0.25) is 0 Å². The fourth-order valence-electron chi connectivity index (χ4n) is 2.23. The third-order valence-electron chi connectivity index (χ3n) is 3.48. The van der Waals surface area contributed by atoms with Crippen LogP contribution in [0.4, 0.5) is 4.39 Å². The van der Waals surface area contributed by atoms with Crippen molar-refractivity contribution in [3.63, 3.8) is 0 Å². The molecule has 0 spiro atoms. The van der Waals surface area contributed by atoms with Crippen LogP contribution in [0.5, 0.6) is 0 Å². The van der Waals surface area contributed by atoms with Gasteiger partial charge in [0.15, 0.2) is 0 Å². The molecule has 0 radical (unpaired) electrons. The number of aliphatic hydroxyl groups is 1. The van der Waals surface area contributed by atoms with Crippen molar-refractivity contribution in [2.24, 2.45) is 11.7 Å². The smallest absolute Gasteiger partial charge is 0.126 e. The van der Waals surface area contributed by atoms with Crippen molar-refractivity contribution in [1.29, 1.82) is 0 Å². The zero-order valence-electron chi connectivity index (χ0n) is 11.5. The van der Waals surface area contributed by atoms with Crippen molar-refractivity contribution in [3.8, 4) is 11.1 Å². The van der Waals surface area contributed by atoms with Crippen molar-refractivity contribution in [1.82, 2.24) is 4.98 Å². The standard InChI is InChI=1S/C16H19FN2O/c1-11-9-19-5-4-15(11)13-2-3-16(17)14(7-13)6-12(8-18)10-20/h2-5,7,9,12,20H,6,8,10,18H2,1H3. The molecule has 0 bridgehead atoms. The topological polar surface area (TPSA) is 59.1 Å². The first kappa shape index (κ1) is 14.6. The maximum absolute atomic E-state index is 13.9. The van der Waals surface area contributed by atoms with E-state index in [0.29, 0.717) is 18.5 Å². The molecule has 0 aliphatic carbocycles. The summed E-state index contributed by atoms with van der Waals surface area (Å²) in [5, 5.41) is 9.20. The summed E-state index contributed by atoms with van der Waals surface area (Å²) in [6.07, 6.45) is 3.95. The van der Waals surface area contributed by atoms with Crippen molar-refractivity contribution in [2.75, 3.05) is 13.2 Å². The first-order valence-electron chi connectivity index (χ1n) is 6.66. The van der Waals surface area contributed by atoms with Crippen LogP contribution in [0.25, 0.3) is 11.1 Å². The Labute approximate surface area is 118 Å². The number of benzene rings is 1. The first-order chi connectivity index (χ1) is 9.65. The maximum Gasteiger partial charge on any atom is 0.126 e. The lowest BCUT2D eigenvalue weighted by Crippen LogP contribution is -2.20. The van der Waals surface area contributed by atoms with E-state index in [4.69, 9.17) is 5.73 Å². The number of aromatic nitrogens is 1. The summed E-state index contributed by atoms with van der Waals surface area (Å²) in [6.45, 7) is 2.28. The van der Waals surface area contributed by atoms with Crippen LogP contribution in [0.1, 0.15) is 11.1 Å². The van der Waals surface area contributed by atoms with Gasteiger partial charge in [-0.15, -0.1) is 0 Å². The molecule has 2 rings (SSSR count). The van der Waals surface area contributed by atoms with Crippen molar-refractivity contribution in [3.05, 3.63) is 53.6 Å².